The van der Waals surface area contributed by atoms with Gasteiger partial charge in [-0.05, 0) is 39.8 Å². The molecule has 0 saturated heterocycles. The minimum atomic E-state index is 0.546. The van der Waals surface area contributed by atoms with Crippen LogP contribution in [0.2, 0.25) is 0 Å². The number of benzene rings is 1. The Morgan fingerprint density at radius 2 is 1.84 bits per heavy atom. The Kier molecular flexibility index (Phi) is 5.96. The summed E-state index contributed by atoms with van der Waals surface area (Å²) in [7, 11) is 1.66. The summed E-state index contributed by atoms with van der Waals surface area (Å²) in [5.74, 6) is 0.821. The Balaban J connectivity index is 2.57. The maximum Gasteiger partial charge on any atom is 0.121 e. The molecule has 19 heavy (non-hydrogen) atoms. The van der Waals surface area contributed by atoms with E-state index in [0.717, 1.165) is 30.2 Å². The first-order chi connectivity index (χ1) is 8.95. The van der Waals surface area contributed by atoms with Crippen LogP contribution in [0.4, 0.5) is 11.4 Å². The highest BCUT2D eigenvalue weighted by atomic mass is 16.5. The second-order valence-corrected chi connectivity index (χ2v) is 5.31. The van der Waals surface area contributed by atoms with E-state index >= 15 is 0 Å². The molecular weight excluding hydrogens is 238 g/mol. The fourth-order valence-corrected chi connectivity index (χ4v) is 2.25. The molecular formula is C15H27N3O. The summed E-state index contributed by atoms with van der Waals surface area (Å²) in [6.07, 6.45) is 0. The predicted octanol–water partition coefficient (Wildman–Crippen LogP) is 2.81. The monoisotopic (exact) mass is 265 g/mol. The lowest BCUT2D eigenvalue weighted by Gasteiger charge is -2.30. The van der Waals surface area contributed by atoms with Crippen LogP contribution in [0, 0.1) is 0 Å². The maximum atomic E-state index is 5.95. The average molecular weight is 265 g/mol. The molecule has 0 heterocycles. The van der Waals surface area contributed by atoms with E-state index in [1.807, 2.05) is 18.2 Å². The molecule has 0 aliphatic carbocycles. The van der Waals surface area contributed by atoms with E-state index in [9.17, 15) is 0 Å². The quantitative estimate of drug-likeness (QED) is 0.744. The van der Waals surface area contributed by atoms with Crippen LogP contribution in [-0.2, 0) is 0 Å². The second-order valence-electron chi connectivity index (χ2n) is 5.31. The Bertz CT molecular complexity index is 383. The standard InChI is InChI=1S/C15H27N3O/c1-11(2)18(12(3)4)9-8-17-15-10-13(19-5)6-7-14(15)16/h6-7,10-12,17H,8-9,16H2,1-5H3. The molecule has 0 radical (unpaired) electrons. The van der Waals surface area contributed by atoms with Crippen molar-refractivity contribution in [1.29, 1.82) is 0 Å². The van der Waals surface area contributed by atoms with Crippen LogP contribution in [0.1, 0.15) is 27.7 Å². The molecule has 0 spiro atoms. The van der Waals surface area contributed by atoms with Crippen LogP contribution in [0.5, 0.6) is 5.75 Å². The third kappa shape index (κ3) is 4.63. The molecule has 0 aliphatic rings. The topological polar surface area (TPSA) is 50.5 Å². The number of ether oxygens (including phenoxy) is 1. The maximum absolute atomic E-state index is 5.95. The lowest BCUT2D eigenvalue weighted by Crippen LogP contribution is -2.40. The van der Waals surface area contributed by atoms with Gasteiger partial charge in [-0.1, -0.05) is 0 Å². The Morgan fingerprint density at radius 3 is 2.37 bits per heavy atom. The van der Waals surface area contributed by atoms with Crippen molar-refractivity contribution >= 4 is 11.4 Å². The smallest absolute Gasteiger partial charge is 0.121 e. The zero-order valence-electron chi connectivity index (χ0n) is 12.7. The second kappa shape index (κ2) is 7.24. The number of methoxy groups -OCH3 is 1. The van der Waals surface area contributed by atoms with Crippen molar-refractivity contribution in [3.05, 3.63) is 18.2 Å². The van der Waals surface area contributed by atoms with Gasteiger partial charge in [-0.2, -0.15) is 0 Å². The third-order valence-corrected chi connectivity index (χ3v) is 3.27. The number of anilines is 2. The minimum absolute atomic E-state index is 0.546. The average Bonchev–Trinajstić information content (AvgIpc) is 2.35. The number of hydrogen-bond acceptors (Lipinski definition) is 4. The van der Waals surface area contributed by atoms with Crippen LogP contribution in [0.15, 0.2) is 18.2 Å². The van der Waals surface area contributed by atoms with Gasteiger partial charge in [0.2, 0.25) is 0 Å². The molecule has 0 aromatic heterocycles. The molecule has 0 amide bonds. The van der Waals surface area contributed by atoms with Gasteiger partial charge in [0, 0.05) is 31.2 Å². The molecule has 0 saturated carbocycles. The highest BCUT2D eigenvalue weighted by Gasteiger charge is 2.12. The molecule has 0 unspecified atom stereocenters. The lowest BCUT2D eigenvalue weighted by atomic mass is 10.2. The molecule has 0 atom stereocenters. The van der Waals surface area contributed by atoms with E-state index in [0.29, 0.717) is 12.1 Å². The first kappa shape index (κ1) is 15.6. The highest BCUT2D eigenvalue weighted by molar-refractivity contribution is 5.68. The lowest BCUT2D eigenvalue weighted by molar-refractivity contribution is 0.182. The summed E-state index contributed by atoms with van der Waals surface area (Å²) in [5, 5.41) is 3.38. The van der Waals surface area contributed by atoms with E-state index < -0.39 is 0 Å². The number of rotatable bonds is 7. The van der Waals surface area contributed by atoms with E-state index in [1.165, 1.54) is 0 Å². The molecule has 0 bridgehead atoms. The van der Waals surface area contributed by atoms with Gasteiger partial charge in [0.25, 0.3) is 0 Å². The van der Waals surface area contributed by atoms with E-state index in [4.69, 9.17) is 10.5 Å². The molecule has 0 aliphatic heterocycles. The first-order valence-electron chi connectivity index (χ1n) is 6.88. The number of nitrogens with zero attached hydrogens (tertiary/aromatic N) is 1. The van der Waals surface area contributed by atoms with Crippen molar-refractivity contribution in [2.75, 3.05) is 31.2 Å². The fourth-order valence-electron chi connectivity index (χ4n) is 2.25. The van der Waals surface area contributed by atoms with Crippen molar-refractivity contribution < 1.29 is 4.74 Å². The zero-order chi connectivity index (χ0) is 14.4. The third-order valence-electron chi connectivity index (χ3n) is 3.27. The van der Waals surface area contributed by atoms with Crippen LogP contribution in [0.3, 0.4) is 0 Å². The van der Waals surface area contributed by atoms with Gasteiger partial charge in [0.05, 0.1) is 18.5 Å². The molecule has 1 rings (SSSR count). The normalized spacial score (nSPS) is 11.4. The van der Waals surface area contributed by atoms with Crippen LogP contribution in [0.25, 0.3) is 0 Å². The molecule has 0 fully saturated rings. The summed E-state index contributed by atoms with van der Waals surface area (Å²) in [5.41, 5.74) is 7.64. The molecule has 1 aromatic rings. The predicted molar refractivity (Wildman–Crippen MR) is 82.9 cm³/mol. The van der Waals surface area contributed by atoms with Crippen molar-refractivity contribution in [2.45, 2.75) is 39.8 Å². The van der Waals surface area contributed by atoms with E-state index in [1.54, 1.807) is 7.11 Å². The van der Waals surface area contributed by atoms with Gasteiger partial charge in [0.1, 0.15) is 5.75 Å². The van der Waals surface area contributed by atoms with Gasteiger partial charge in [-0.25, -0.2) is 0 Å². The Hall–Kier alpha value is -1.42. The van der Waals surface area contributed by atoms with E-state index in [2.05, 4.69) is 37.9 Å². The minimum Gasteiger partial charge on any atom is -0.497 e. The van der Waals surface area contributed by atoms with E-state index in [-0.39, 0.29) is 0 Å². The number of hydrogen-bond donors (Lipinski definition) is 2. The summed E-state index contributed by atoms with van der Waals surface area (Å²) >= 11 is 0. The Labute approximate surface area is 116 Å². The van der Waals surface area contributed by atoms with Gasteiger partial charge >= 0.3 is 0 Å². The molecule has 4 nitrogen and oxygen atoms in total. The summed E-state index contributed by atoms with van der Waals surface area (Å²) in [6.45, 7) is 10.7. The molecule has 4 heteroatoms. The van der Waals surface area contributed by atoms with Gasteiger partial charge in [0.15, 0.2) is 0 Å². The van der Waals surface area contributed by atoms with Gasteiger partial charge in [-0.15, -0.1) is 0 Å². The van der Waals surface area contributed by atoms with Crippen LogP contribution < -0.4 is 15.8 Å². The van der Waals surface area contributed by atoms with Crippen molar-refractivity contribution in [2.24, 2.45) is 0 Å². The zero-order valence-corrected chi connectivity index (χ0v) is 12.7. The van der Waals surface area contributed by atoms with Crippen molar-refractivity contribution in [3.63, 3.8) is 0 Å². The van der Waals surface area contributed by atoms with Crippen LogP contribution in [-0.4, -0.2) is 37.2 Å². The SMILES string of the molecule is COc1ccc(N)c(NCCN(C(C)C)C(C)C)c1. The fraction of sp³-hybridized carbons (Fsp3) is 0.600. The Morgan fingerprint density at radius 1 is 1.21 bits per heavy atom. The first-order valence-corrected chi connectivity index (χ1v) is 6.88. The number of nitrogens with one attached hydrogen (secondary N) is 1. The molecule has 3 N–H and O–H groups in total. The highest BCUT2D eigenvalue weighted by Crippen LogP contribution is 2.24. The van der Waals surface area contributed by atoms with Gasteiger partial charge in [-0.3, -0.25) is 4.90 Å². The van der Waals surface area contributed by atoms with Crippen molar-refractivity contribution in [3.8, 4) is 5.75 Å². The van der Waals surface area contributed by atoms with Crippen LogP contribution >= 0.6 is 0 Å². The summed E-state index contributed by atoms with van der Waals surface area (Å²) in [4.78, 5) is 2.45. The van der Waals surface area contributed by atoms with Gasteiger partial charge < -0.3 is 15.8 Å². The van der Waals surface area contributed by atoms with Crippen molar-refractivity contribution in [1.82, 2.24) is 4.90 Å². The molecule has 108 valence electrons. The largest absolute Gasteiger partial charge is 0.497 e. The summed E-state index contributed by atoms with van der Waals surface area (Å²) < 4.78 is 5.21. The summed E-state index contributed by atoms with van der Waals surface area (Å²) in [6, 6.07) is 6.76. The number of nitrogen functional groups attached to an aromatic ring is 1. The number of nitrogens with two attached hydrogens (primary N) is 1. The molecule has 1 aromatic carbocycles.